The lowest BCUT2D eigenvalue weighted by molar-refractivity contribution is 0.730. The summed E-state index contributed by atoms with van der Waals surface area (Å²) in [7, 11) is 23.1. The van der Waals surface area contributed by atoms with E-state index in [4.69, 9.17) is 0 Å². The summed E-state index contributed by atoms with van der Waals surface area (Å²) in [6, 6.07) is 0. The monoisotopic (exact) mass is 1270 g/mol. The third-order valence-corrected chi connectivity index (χ3v) is 19.1. The minimum Gasteiger partial charge on any atom is -0.335 e. The average molecular weight is 1270 g/mol. The summed E-state index contributed by atoms with van der Waals surface area (Å²) >= 11 is 0. The molecule has 0 spiro atoms. The molecule has 22 heteroatoms. The highest BCUT2D eigenvalue weighted by atomic mass is 16.2. The smallest absolute Gasteiger partial charge is 0.328 e. The average Bonchev–Trinajstić information content (AvgIpc) is 2.13. The molecule has 0 aliphatic heterocycles. The Bertz CT molecular complexity index is 3260. The molecule has 0 unspecified atom stereocenters. The van der Waals surface area contributed by atoms with Crippen molar-refractivity contribution in [2.45, 2.75) is 194 Å². The zero-order chi connectivity index (χ0) is 71.9. The van der Waals surface area contributed by atoms with Crippen LogP contribution in [0.1, 0.15) is 159 Å². The third-order valence-electron chi connectivity index (χ3n) is 19.1. The molecule has 10 heterocycles. The summed E-state index contributed by atoms with van der Waals surface area (Å²) in [4.78, 5) is 39.4. The molecule has 0 fully saturated rings. The molecular weight excluding hydrogens is 1150 g/mol. The fraction of sp³-hybridized carbons (Fsp3) is 0.571. The van der Waals surface area contributed by atoms with Crippen molar-refractivity contribution in [2.24, 2.45) is 84.6 Å². The van der Waals surface area contributed by atoms with E-state index >= 15 is 0 Å². The summed E-state index contributed by atoms with van der Waals surface area (Å²) in [5, 5.41) is 16.9. The number of aromatic nitrogens is 20. The Hall–Kier alpha value is -8.30. The number of aryl methyl sites for hydroxylation is 16. The highest BCUT2D eigenvalue weighted by Crippen LogP contribution is 2.13. The van der Waals surface area contributed by atoms with Gasteiger partial charge in [0.25, 0.3) is 0 Å². The lowest BCUT2D eigenvalue weighted by atomic mass is 10.2. The molecule has 22 nitrogen and oxygen atoms in total. The molecule has 512 valence electrons. The van der Waals surface area contributed by atoms with Crippen LogP contribution in [0, 0.1) is 194 Å². The number of hydrogen-bond donors (Lipinski definition) is 0. The van der Waals surface area contributed by atoms with Gasteiger partial charge in [0, 0.05) is 153 Å². The highest BCUT2D eigenvalue weighted by molar-refractivity contribution is 5.24. The molecule has 0 bridgehead atoms. The van der Waals surface area contributed by atoms with Crippen molar-refractivity contribution in [1.29, 1.82) is 0 Å². The molecule has 10 aromatic heterocycles. The van der Waals surface area contributed by atoms with E-state index < -0.39 is 0 Å². The van der Waals surface area contributed by atoms with E-state index in [-0.39, 0.29) is 11.4 Å². The van der Waals surface area contributed by atoms with Crippen LogP contribution in [0.25, 0.3) is 0 Å². The Morgan fingerprint density at radius 1 is 0.185 bits per heavy atom. The van der Waals surface area contributed by atoms with Gasteiger partial charge in [0.2, 0.25) is 0 Å². The molecule has 0 saturated carbocycles. The SMILES string of the molecule is Cc1c(C)n(C)c(=O)n1C.Cc1c(C)n(C)c(=O)n1C.Cc1nc(C)n(C)c1C.Cc1nc(C)n(C)c1C.Cc1nc(C)n(C)c1C.Cc1nc(C)n(C)c1C.Cc1nn(C)c(C)c1C.Cc1nn(C)c(C)c1C.Cc1nn(C)c(C)c1C.Cc1nn(C)c(C)c1C. The van der Waals surface area contributed by atoms with Gasteiger partial charge in [0.05, 0.1) is 45.6 Å². The Balaban J connectivity index is 0.000000511. The maximum absolute atomic E-state index is 11.1. The normalized spacial score (nSPS) is 10.3. The van der Waals surface area contributed by atoms with Gasteiger partial charge in [-0.05, 0) is 216 Å². The first kappa shape index (κ1) is 81.7. The summed E-state index contributed by atoms with van der Waals surface area (Å²) in [5.74, 6) is 4.35. The van der Waals surface area contributed by atoms with Crippen molar-refractivity contribution in [3.8, 4) is 0 Å². The second kappa shape index (κ2) is 34.9. The fourth-order valence-electron chi connectivity index (χ4n) is 9.05. The minimum atomic E-state index is 0.0509. The van der Waals surface area contributed by atoms with E-state index in [0.29, 0.717) is 0 Å². The molecular formula is C70H120N20O2. The lowest BCUT2D eigenvalue weighted by Gasteiger charge is -1.94. The van der Waals surface area contributed by atoms with Crippen LogP contribution in [0.5, 0.6) is 0 Å². The van der Waals surface area contributed by atoms with Gasteiger partial charge < -0.3 is 18.3 Å². The highest BCUT2D eigenvalue weighted by Gasteiger charge is 2.09. The second-order valence-electron chi connectivity index (χ2n) is 24.4. The van der Waals surface area contributed by atoms with Crippen molar-refractivity contribution < 1.29 is 0 Å². The molecule has 0 atom stereocenters. The van der Waals surface area contributed by atoms with Crippen molar-refractivity contribution in [1.82, 2.24) is 95.6 Å². The first-order valence-electron chi connectivity index (χ1n) is 31.2. The zero-order valence-electron chi connectivity index (χ0n) is 64.8. The van der Waals surface area contributed by atoms with E-state index in [1.807, 2.05) is 186 Å². The van der Waals surface area contributed by atoms with Crippen LogP contribution in [0.2, 0.25) is 0 Å². The van der Waals surface area contributed by atoms with E-state index in [2.05, 4.69) is 142 Å². The number of nitrogens with zero attached hydrogens (tertiary/aromatic N) is 20. The molecule has 0 N–H and O–H groups in total. The van der Waals surface area contributed by atoms with Crippen LogP contribution in [-0.4, -0.2) is 95.6 Å². The number of rotatable bonds is 0. The molecule has 92 heavy (non-hydrogen) atoms. The molecule has 0 saturated heterocycles. The topological polar surface area (TPSA) is 196 Å². The maximum atomic E-state index is 11.1. The van der Waals surface area contributed by atoms with Gasteiger partial charge in [-0.2, -0.15) is 20.4 Å². The van der Waals surface area contributed by atoms with Crippen LogP contribution in [-0.2, 0) is 84.6 Å². The van der Waals surface area contributed by atoms with Gasteiger partial charge in [0.1, 0.15) is 23.3 Å². The van der Waals surface area contributed by atoms with Gasteiger partial charge >= 0.3 is 11.4 Å². The molecule has 0 aromatic carbocycles. The first-order chi connectivity index (χ1) is 42.1. The summed E-state index contributed by atoms with van der Waals surface area (Å²) < 4.78 is 22.6. The lowest BCUT2D eigenvalue weighted by Crippen LogP contribution is -2.20. The van der Waals surface area contributed by atoms with E-state index in [1.54, 1.807) is 46.5 Å². The minimum absolute atomic E-state index is 0.0509. The van der Waals surface area contributed by atoms with E-state index in [9.17, 15) is 9.59 Å². The molecule has 0 amide bonds. The van der Waals surface area contributed by atoms with Crippen LogP contribution in [0.3, 0.4) is 0 Å². The summed E-state index contributed by atoms with van der Waals surface area (Å²) in [6.45, 7) is 57.1. The zero-order valence-corrected chi connectivity index (χ0v) is 64.8. The standard InChI is InChI=1S/2C7H12N2O.8C7H12N2/c2*1-5-6(2)9(4)7(10)8(5)3;4*1-5-6(2)9(4)7(3)8-5;4*1-5-6(2)8-9(4)7(5)3/h2*1-4H3;8*1-4H3. The van der Waals surface area contributed by atoms with Crippen molar-refractivity contribution in [2.75, 3.05) is 0 Å². The van der Waals surface area contributed by atoms with Gasteiger partial charge in [-0.3, -0.25) is 37.0 Å². The summed E-state index contributed by atoms with van der Waals surface area (Å²) in [5.41, 5.74) is 28.6. The van der Waals surface area contributed by atoms with Gasteiger partial charge in [-0.15, -0.1) is 0 Å². The molecule has 0 aliphatic carbocycles. The van der Waals surface area contributed by atoms with Gasteiger partial charge in [-0.1, -0.05) is 0 Å². The third kappa shape index (κ3) is 20.9. The predicted molar refractivity (Wildman–Crippen MR) is 380 cm³/mol. The first-order valence-corrected chi connectivity index (χ1v) is 31.2. The maximum Gasteiger partial charge on any atom is 0.328 e. The van der Waals surface area contributed by atoms with Crippen molar-refractivity contribution in [3.63, 3.8) is 0 Å². The number of hydrogen-bond acceptors (Lipinski definition) is 10. The Labute approximate surface area is 552 Å². The van der Waals surface area contributed by atoms with Crippen molar-refractivity contribution >= 4 is 0 Å². The number of imidazole rings is 6. The Morgan fingerprint density at radius 3 is 0.359 bits per heavy atom. The van der Waals surface area contributed by atoms with Crippen LogP contribution >= 0.6 is 0 Å². The molecule has 10 aromatic rings. The van der Waals surface area contributed by atoms with Crippen LogP contribution in [0.4, 0.5) is 0 Å². The Morgan fingerprint density at radius 2 is 0.326 bits per heavy atom. The quantitative estimate of drug-likeness (QED) is 0.141. The molecule has 10 rings (SSSR count). The second-order valence-corrected chi connectivity index (χ2v) is 24.4. The van der Waals surface area contributed by atoms with Gasteiger partial charge in [-0.25, -0.2) is 29.5 Å². The van der Waals surface area contributed by atoms with E-state index in [0.717, 1.165) is 91.6 Å². The predicted octanol–water partition coefficient (Wildman–Crippen LogP) is 11.4. The van der Waals surface area contributed by atoms with Gasteiger partial charge in [0.15, 0.2) is 0 Å². The van der Waals surface area contributed by atoms with Crippen molar-refractivity contribution in [3.05, 3.63) is 180 Å². The van der Waals surface area contributed by atoms with Crippen LogP contribution < -0.4 is 11.4 Å². The largest absolute Gasteiger partial charge is 0.335 e. The molecule has 0 aliphatic rings. The summed E-state index contributed by atoms with van der Waals surface area (Å²) in [6.07, 6.45) is 0. The van der Waals surface area contributed by atoms with E-state index in [1.165, 1.54) is 67.8 Å². The fourth-order valence-corrected chi connectivity index (χ4v) is 9.05. The van der Waals surface area contributed by atoms with Crippen LogP contribution in [0.15, 0.2) is 9.59 Å². The molecule has 0 radical (unpaired) electrons. The Kier molecular flexibility index (Phi) is 31.0.